The van der Waals surface area contributed by atoms with E-state index >= 15 is 0 Å². The average Bonchev–Trinajstić information content (AvgIpc) is 2.18. The molecule has 0 amide bonds. The number of amidine groups is 1. The zero-order valence-corrected chi connectivity index (χ0v) is 5.20. The van der Waals surface area contributed by atoms with Crippen LogP contribution in [-0.2, 0) is 0 Å². The van der Waals surface area contributed by atoms with Crippen molar-refractivity contribution in [2.75, 3.05) is 0 Å². The summed E-state index contributed by atoms with van der Waals surface area (Å²) in [6.45, 7) is 5.44. The summed E-state index contributed by atoms with van der Waals surface area (Å²) in [5.74, 6) is 0.609. The highest BCUT2D eigenvalue weighted by Crippen LogP contribution is 2.02. The van der Waals surface area contributed by atoms with Gasteiger partial charge in [0, 0.05) is 6.21 Å². The minimum atomic E-state index is 0.609. The summed E-state index contributed by atoms with van der Waals surface area (Å²) >= 11 is 0. The average molecular weight is 121 g/mol. The predicted molar refractivity (Wildman–Crippen MR) is 39.2 cm³/mol. The quantitative estimate of drug-likeness (QED) is 0.429. The zero-order valence-electron chi connectivity index (χ0n) is 5.20. The van der Waals surface area contributed by atoms with Crippen LogP contribution in [0.25, 0.3) is 0 Å². The molecule has 0 aromatic carbocycles. The Kier molecular flexibility index (Phi) is 1.53. The Hall–Kier alpha value is -1.25. The molecule has 0 atom stereocenters. The second kappa shape index (κ2) is 2.35. The van der Waals surface area contributed by atoms with Gasteiger partial charge < -0.3 is 0 Å². The van der Waals surface area contributed by atoms with E-state index in [-0.39, 0.29) is 0 Å². The molecule has 0 spiro atoms. The number of rotatable bonds is 0. The first kappa shape index (κ1) is 5.88. The summed E-state index contributed by atoms with van der Waals surface area (Å²) in [7, 11) is 0. The second-order valence-corrected chi connectivity index (χ2v) is 1.53. The second-order valence-electron chi connectivity index (χ2n) is 1.53. The van der Waals surface area contributed by atoms with E-state index in [1.165, 1.54) is 6.34 Å². The van der Waals surface area contributed by atoms with Crippen LogP contribution in [0.4, 0.5) is 0 Å². The molecule has 0 N–H and O–H groups in total. The molecule has 3 nitrogen and oxygen atoms in total. The first-order chi connectivity index (χ1) is 4.34. The molecule has 9 heavy (non-hydrogen) atoms. The Labute approximate surface area is 53.6 Å². The monoisotopic (exact) mass is 121 g/mol. The van der Waals surface area contributed by atoms with E-state index in [2.05, 4.69) is 21.6 Å². The highest BCUT2D eigenvalue weighted by molar-refractivity contribution is 6.08. The lowest BCUT2D eigenvalue weighted by atomic mass is 10.5. The minimum Gasteiger partial charge on any atom is -0.240 e. The SMILES string of the molecule is C=C1N=CN=C1N=CC. The minimum absolute atomic E-state index is 0.609. The number of hydrogen-bond donors (Lipinski definition) is 0. The Balaban J connectivity index is 2.76. The van der Waals surface area contributed by atoms with Crippen molar-refractivity contribution in [1.29, 1.82) is 0 Å². The van der Waals surface area contributed by atoms with Gasteiger partial charge in [0.15, 0.2) is 5.84 Å². The van der Waals surface area contributed by atoms with Crippen LogP contribution in [0.2, 0.25) is 0 Å². The summed E-state index contributed by atoms with van der Waals surface area (Å²) in [5, 5.41) is 0. The first-order valence-corrected chi connectivity index (χ1v) is 2.63. The van der Waals surface area contributed by atoms with Gasteiger partial charge in [-0.05, 0) is 6.92 Å². The van der Waals surface area contributed by atoms with Crippen molar-refractivity contribution in [3.63, 3.8) is 0 Å². The van der Waals surface area contributed by atoms with Gasteiger partial charge in [-0.25, -0.2) is 15.0 Å². The van der Waals surface area contributed by atoms with Gasteiger partial charge >= 0.3 is 0 Å². The van der Waals surface area contributed by atoms with Crippen molar-refractivity contribution < 1.29 is 0 Å². The number of aliphatic imine (C=N–C) groups is 3. The molecule has 1 rings (SSSR count). The molecular weight excluding hydrogens is 114 g/mol. The Morgan fingerprint density at radius 3 is 3.00 bits per heavy atom. The number of hydrogen-bond acceptors (Lipinski definition) is 3. The van der Waals surface area contributed by atoms with E-state index in [1.54, 1.807) is 6.21 Å². The summed E-state index contributed by atoms with van der Waals surface area (Å²) < 4.78 is 0. The molecule has 3 heteroatoms. The highest BCUT2D eigenvalue weighted by atomic mass is 15.0. The molecule has 1 heterocycles. The third-order valence-electron chi connectivity index (χ3n) is 0.903. The molecular formula is C6H7N3. The Bertz CT molecular complexity index is 210. The van der Waals surface area contributed by atoms with E-state index in [9.17, 15) is 0 Å². The van der Waals surface area contributed by atoms with Crippen molar-refractivity contribution in [1.82, 2.24) is 0 Å². The molecule has 0 aromatic heterocycles. The number of nitrogens with zero attached hydrogens (tertiary/aromatic N) is 3. The van der Waals surface area contributed by atoms with Gasteiger partial charge in [0.1, 0.15) is 12.0 Å². The van der Waals surface area contributed by atoms with Crippen molar-refractivity contribution in [2.24, 2.45) is 15.0 Å². The summed E-state index contributed by atoms with van der Waals surface area (Å²) in [6, 6.07) is 0. The summed E-state index contributed by atoms with van der Waals surface area (Å²) in [6.07, 6.45) is 3.11. The summed E-state index contributed by atoms with van der Waals surface area (Å²) in [5.41, 5.74) is 0.633. The third kappa shape index (κ3) is 1.10. The molecule has 0 saturated carbocycles. The third-order valence-corrected chi connectivity index (χ3v) is 0.903. The van der Waals surface area contributed by atoms with Gasteiger partial charge in [0.05, 0.1) is 0 Å². The van der Waals surface area contributed by atoms with Crippen LogP contribution in [0.5, 0.6) is 0 Å². The largest absolute Gasteiger partial charge is 0.240 e. The van der Waals surface area contributed by atoms with Crippen molar-refractivity contribution >= 4 is 18.4 Å². The molecule has 0 aromatic rings. The molecule has 0 radical (unpaired) electrons. The van der Waals surface area contributed by atoms with Crippen LogP contribution >= 0.6 is 0 Å². The van der Waals surface area contributed by atoms with E-state index in [0.29, 0.717) is 11.5 Å². The fourth-order valence-electron chi connectivity index (χ4n) is 0.516. The standard InChI is InChI=1S/C6H7N3/c1-3-7-6-5(2)8-4-9-6/h3-4H,2H2,1H3. The fourth-order valence-corrected chi connectivity index (χ4v) is 0.516. The Morgan fingerprint density at radius 2 is 2.56 bits per heavy atom. The lowest BCUT2D eigenvalue weighted by molar-refractivity contribution is 1.50. The molecule has 1 aliphatic heterocycles. The fraction of sp³-hybridized carbons (Fsp3) is 0.167. The van der Waals surface area contributed by atoms with Crippen molar-refractivity contribution in [2.45, 2.75) is 6.92 Å². The van der Waals surface area contributed by atoms with Crippen molar-refractivity contribution in [3.8, 4) is 0 Å². The predicted octanol–water partition coefficient (Wildman–Crippen LogP) is 1.03. The molecule has 0 fully saturated rings. The van der Waals surface area contributed by atoms with E-state index < -0.39 is 0 Å². The normalized spacial score (nSPS) is 17.4. The van der Waals surface area contributed by atoms with Gasteiger partial charge in [0.25, 0.3) is 0 Å². The van der Waals surface area contributed by atoms with Crippen LogP contribution in [0.3, 0.4) is 0 Å². The molecule has 1 aliphatic rings. The van der Waals surface area contributed by atoms with Gasteiger partial charge in [-0.3, -0.25) is 0 Å². The van der Waals surface area contributed by atoms with E-state index in [1.807, 2.05) is 6.92 Å². The molecule has 0 unspecified atom stereocenters. The van der Waals surface area contributed by atoms with E-state index in [4.69, 9.17) is 0 Å². The first-order valence-electron chi connectivity index (χ1n) is 2.63. The van der Waals surface area contributed by atoms with Gasteiger partial charge in [0.2, 0.25) is 0 Å². The topological polar surface area (TPSA) is 37.1 Å². The van der Waals surface area contributed by atoms with Gasteiger partial charge in [-0.1, -0.05) is 6.58 Å². The lowest BCUT2D eigenvalue weighted by Crippen LogP contribution is -1.89. The maximum absolute atomic E-state index is 3.91. The molecule has 46 valence electrons. The van der Waals surface area contributed by atoms with E-state index in [0.717, 1.165) is 0 Å². The molecule has 0 aliphatic carbocycles. The highest BCUT2D eigenvalue weighted by Gasteiger charge is 2.02. The molecule has 0 bridgehead atoms. The van der Waals surface area contributed by atoms with Crippen LogP contribution in [0, 0.1) is 0 Å². The smallest absolute Gasteiger partial charge is 0.178 e. The van der Waals surface area contributed by atoms with Crippen LogP contribution in [-0.4, -0.2) is 18.4 Å². The lowest BCUT2D eigenvalue weighted by Gasteiger charge is -1.86. The van der Waals surface area contributed by atoms with Crippen LogP contribution in [0.1, 0.15) is 6.92 Å². The van der Waals surface area contributed by atoms with Gasteiger partial charge in [-0.2, -0.15) is 0 Å². The maximum atomic E-state index is 3.91. The van der Waals surface area contributed by atoms with Gasteiger partial charge in [-0.15, -0.1) is 0 Å². The van der Waals surface area contributed by atoms with Crippen molar-refractivity contribution in [3.05, 3.63) is 12.3 Å². The van der Waals surface area contributed by atoms with Crippen LogP contribution < -0.4 is 0 Å². The zero-order chi connectivity index (χ0) is 6.69. The molecule has 0 saturated heterocycles. The summed E-state index contributed by atoms with van der Waals surface area (Å²) in [4.78, 5) is 11.5. The van der Waals surface area contributed by atoms with Crippen LogP contribution in [0.15, 0.2) is 27.3 Å². The maximum Gasteiger partial charge on any atom is 0.178 e. The Morgan fingerprint density at radius 1 is 1.78 bits per heavy atom.